The van der Waals surface area contributed by atoms with E-state index >= 15 is 0 Å². The van der Waals surface area contributed by atoms with Gasteiger partial charge in [-0.25, -0.2) is 8.42 Å². The van der Waals surface area contributed by atoms with Crippen LogP contribution < -0.4 is 14.2 Å². The first kappa shape index (κ1) is 33.0. The Bertz CT molecular complexity index is 1730. The lowest BCUT2D eigenvalue weighted by Crippen LogP contribution is -2.49. The average molecular weight is 644 g/mol. The molecule has 46 heavy (non-hydrogen) atoms. The van der Waals surface area contributed by atoms with Gasteiger partial charge in [0.15, 0.2) is 5.75 Å². The number of carbonyl (C=O) groups excluding carboxylic acids is 1. The summed E-state index contributed by atoms with van der Waals surface area (Å²) in [5.74, 6) is 1.22. The van der Waals surface area contributed by atoms with Gasteiger partial charge in [0.05, 0.1) is 28.8 Å². The molecule has 242 valence electrons. The molecular formula is C36H41N3O6S. The molecule has 0 spiro atoms. The van der Waals surface area contributed by atoms with Crippen LogP contribution in [0.4, 0.5) is 5.69 Å². The lowest BCUT2D eigenvalue weighted by molar-refractivity contribution is 0.0344. The Hall–Kier alpha value is -4.38. The number of para-hydroxylation sites is 2. The van der Waals surface area contributed by atoms with Crippen molar-refractivity contribution < 1.29 is 27.8 Å². The summed E-state index contributed by atoms with van der Waals surface area (Å²) in [5.41, 5.74) is 2.43. The van der Waals surface area contributed by atoms with Crippen molar-refractivity contribution in [2.75, 3.05) is 31.5 Å². The van der Waals surface area contributed by atoms with Crippen molar-refractivity contribution in [1.82, 2.24) is 9.80 Å². The topological polar surface area (TPSA) is 108 Å². The van der Waals surface area contributed by atoms with Crippen LogP contribution >= 0.6 is 0 Å². The van der Waals surface area contributed by atoms with Gasteiger partial charge in [0.1, 0.15) is 17.6 Å². The predicted octanol–water partition coefficient (Wildman–Crippen LogP) is 5.94. The zero-order chi connectivity index (χ0) is 32.8. The Balaban J connectivity index is 1.39. The lowest BCUT2D eigenvalue weighted by Gasteiger charge is -2.38. The summed E-state index contributed by atoms with van der Waals surface area (Å²) in [4.78, 5) is 17.7. The number of aryl methyl sites for hydroxylation is 1. The van der Waals surface area contributed by atoms with E-state index < -0.39 is 22.2 Å². The highest BCUT2D eigenvalue weighted by Gasteiger charge is 2.35. The highest BCUT2D eigenvalue weighted by atomic mass is 32.2. The summed E-state index contributed by atoms with van der Waals surface area (Å²) in [7, 11) is -1.98. The Labute approximate surface area is 271 Å². The average Bonchev–Trinajstić information content (AvgIpc) is 3.04. The fourth-order valence-corrected chi connectivity index (χ4v) is 6.50. The number of fused-ring (bicyclic) bond motifs is 1. The standard InChI is InChI=1S/C36H41N3O6S/c1-25-13-19-31(20-14-25)46(42,43)37-33-12-8-11-32-35(33)45-34(26(2)21-39(36(32)41)27(3)24-40)23-38(4)22-28-15-17-30(18-16-28)44-29-9-6-5-7-10-29/h5-20,26-27,34,37,40H,21-24H2,1-4H3/t26-,27-,34+/m0/s1. The summed E-state index contributed by atoms with van der Waals surface area (Å²) in [6, 6.07) is 28.5. The number of ether oxygens (including phenoxy) is 2. The van der Waals surface area contributed by atoms with Crippen molar-refractivity contribution in [2.24, 2.45) is 5.92 Å². The van der Waals surface area contributed by atoms with Crippen LogP contribution in [-0.2, 0) is 16.6 Å². The summed E-state index contributed by atoms with van der Waals surface area (Å²) in [6.45, 7) is 6.97. The molecule has 0 saturated carbocycles. The van der Waals surface area contributed by atoms with Gasteiger partial charge in [-0.2, -0.15) is 0 Å². The Morgan fingerprint density at radius 1 is 0.978 bits per heavy atom. The van der Waals surface area contributed by atoms with Crippen LogP contribution in [0.2, 0.25) is 0 Å². The van der Waals surface area contributed by atoms with Crippen LogP contribution in [0.15, 0.2) is 102 Å². The highest BCUT2D eigenvalue weighted by molar-refractivity contribution is 7.92. The number of nitrogens with one attached hydrogen (secondary N) is 1. The molecule has 0 radical (unpaired) electrons. The summed E-state index contributed by atoms with van der Waals surface area (Å²) < 4.78 is 42.0. The molecule has 5 rings (SSSR count). The second kappa shape index (κ2) is 14.4. The third-order valence-electron chi connectivity index (χ3n) is 8.11. The van der Waals surface area contributed by atoms with Gasteiger partial charge in [0.25, 0.3) is 15.9 Å². The van der Waals surface area contributed by atoms with Crippen molar-refractivity contribution in [3.8, 4) is 17.2 Å². The van der Waals surface area contributed by atoms with E-state index in [1.165, 1.54) is 0 Å². The molecule has 0 unspecified atom stereocenters. The van der Waals surface area contributed by atoms with E-state index in [4.69, 9.17) is 9.47 Å². The number of likely N-dealkylation sites (N-methyl/N-ethyl adjacent to an activating group) is 1. The molecule has 1 heterocycles. The van der Waals surface area contributed by atoms with Crippen molar-refractivity contribution in [1.29, 1.82) is 0 Å². The number of benzene rings is 4. The number of hydrogen-bond donors (Lipinski definition) is 2. The van der Waals surface area contributed by atoms with Gasteiger partial charge in [0.2, 0.25) is 0 Å². The number of amides is 1. The minimum Gasteiger partial charge on any atom is -0.486 e. The number of carbonyl (C=O) groups is 1. The van der Waals surface area contributed by atoms with Crippen molar-refractivity contribution in [2.45, 2.75) is 44.4 Å². The van der Waals surface area contributed by atoms with Crippen LogP contribution in [-0.4, -0.2) is 68.1 Å². The van der Waals surface area contributed by atoms with Gasteiger partial charge in [0, 0.05) is 25.6 Å². The molecule has 2 N–H and O–H groups in total. The smallest absolute Gasteiger partial charge is 0.262 e. The molecular weight excluding hydrogens is 602 g/mol. The quantitative estimate of drug-likeness (QED) is 0.208. The van der Waals surface area contributed by atoms with Gasteiger partial charge in [-0.3, -0.25) is 14.4 Å². The van der Waals surface area contributed by atoms with E-state index in [-0.39, 0.29) is 40.3 Å². The molecule has 0 aliphatic carbocycles. The number of anilines is 1. The second-order valence-corrected chi connectivity index (χ2v) is 13.7. The van der Waals surface area contributed by atoms with Crippen LogP contribution in [0.3, 0.4) is 0 Å². The molecule has 4 aromatic rings. The maximum Gasteiger partial charge on any atom is 0.262 e. The van der Waals surface area contributed by atoms with Crippen LogP contribution in [0.1, 0.15) is 35.3 Å². The molecule has 1 aliphatic rings. The maximum absolute atomic E-state index is 13.8. The van der Waals surface area contributed by atoms with Crippen LogP contribution in [0, 0.1) is 12.8 Å². The van der Waals surface area contributed by atoms with Crippen molar-refractivity contribution >= 4 is 21.6 Å². The molecule has 10 heteroatoms. The van der Waals surface area contributed by atoms with Crippen molar-refractivity contribution in [3.05, 3.63) is 114 Å². The molecule has 1 amide bonds. The third kappa shape index (κ3) is 7.88. The zero-order valence-electron chi connectivity index (χ0n) is 26.6. The molecule has 9 nitrogen and oxygen atoms in total. The Morgan fingerprint density at radius 3 is 2.33 bits per heavy atom. The summed E-state index contributed by atoms with van der Waals surface area (Å²) in [5, 5.41) is 10.00. The number of sulfonamides is 1. The molecule has 0 aromatic heterocycles. The van der Waals surface area contributed by atoms with E-state index in [1.807, 2.05) is 75.5 Å². The van der Waals surface area contributed by atoms with E-state index in [0.717, 1.165) is 22.6 Å². The summed E-state index contributed by atoms with van der Waals surface area (Å²) >= 11 is 0. The van der Waals surface area contributed by atoms with Gasteiger partial charge < -0.3 is 19.5 Å². The first-order valence-corrected chi connectivity index (χ1v) is 16.8. The van der Waals surface area contributed by atoms with Crippen molar-refractivity contribution in [3.63, 3.8) is 0 Å². The second-order valence-electron chi connectivity index (χ2n) is 12.0. The first-order chi connectivity index (χ1) is 22.0. The minimum absolute atomic E-state index is 0.105. The lowest BCUT2D eigenvalue weighted by atomic mass is 9.99. The van der Waals surface area contributed by atoms with E-state index in [1.54, 1.807) is 54.3 Å². The van der Waals surface area contributed by atoms with Gasteiger partial charge in [-0.05, 0) is 75.0 Å². The first-order valence-electron chi connectivity index (χ1n) is 15.4. The van der Waals surface area contributed by atoms with Crippen LogP contribution in [0.5, 0.6) is 17.2 Å². The molecule has 0 saturated heterocycles. The highest BCUT2D eigenvalue weighted by Crippen LogP contribution is 2.36. The molecule has 4 aromatic carbocycles. The molecule has 0 bridgehead atoms. The Morgan fingerprint density at radius 2 is 1.65 bits per heavy atom. The van der Waals surface area contributed by atoms with Gasteiger partial charge >= 0.3 is 0 Å². The van der Waals surface area contributed by atoms with E-state index in [2.05, 4.69) is 9.62 Å². The number of nitrogens with zero attached hydrogens (tertiary/aromatic N) is 2. The predicted molar refractivity (Wildman–Crippen MR) is 179 cm³/mol. The number of hydrogen-bond acceptors (Lipinski definition) is 7. The fraction of sp³-hybridized carbons (Fsp3) is 0.306. The molecule has 0 fully saturated rings. The maximum atomic E-state index is 13.8. The van der Waals surface area contributed by atoms with Gasteiger partial charge in [-0.15, -0.1) is 0 Å². The largest absolute Gasteiger partial charge is 0.486 e. The minimum atomic E-state index is -3.97. The fourth-order valence-electron chi connectivity index (χ4n) is 5.43. The summed E-state index contributed by atoms with van der Waals surface area (Å²) in [6.07, 6.45) is -0.407. The van der Waals surface area contributed by atoms with E-state index in [0.29, 0.717) is 19.6 Å². The third-order valence-corrected chi connectivity index (χ3v) is 9.49. The van der Waals surface area contributed by atoms with Crippen LogP contribution in [0.25, 0.3) is 0 Å². The molecule has 1 aliphatic heterocycles. The van der Waals surface area contributed by atoms with Gasteiger partial charge in [-0.1, -0.05) is 61.0 Å². The zero-order valence-corrected chi connectivity index (χ0v) is 27.4. The number of aliphatic hydroxyl groups is 1. The SMILES string of the molecule is Cc1ccc(S(=O)(=O)Nc2cccc3c2O[C@H](CN(C)Cc2ccc(Oc4ccccc4)cc2)[C@@H](C)CN([C@@H](C)CO)C3=O)cc1. The normalized spacial score (nSPS) is 17.4. The Kier molecular flexibility index (Phi) is 10.3. The number of aliphatic hydroxyl groups excluding tert-OH is 1. The number of rotatable bonds is 11. The van der Waals surface area contributed by atoms with E-state index in [9.17, 15) is 18.3 Å². The monoisotopic (exact) mass is 643 g/mol. The molecule has 3 atom stereocenters.